The molecule has 3 aromatic rings. The van der Waals surface area contributed by atoms with Crippen molar-refractivity contribution in [1.82, 2.24) is 10.1 Å². The van der Waals surface area contributed by atoms with Crippen LogP contribution in [0.2, 0.25) is 0 Å². The molecule has 0 radical (unpaired) electrons. The Labute approximate surface area is 129 Å². The first-order valence-electron chi connectivity index (χ1n) is 6.21. The van der Waals surface area contributed by atoms with Crippen molar-refractivity contribution >= 4 is 15.9 Å². The molecule has 1 aromatic heterocycles. The molecule has 106 valence electrons. The minimum atomic E-state index is -0.103. The van der Waals surface area contributed by atoms with Crippen LogP contribution in [-0.4, -0.2) is 20.4 Å². The molecule has 0 fully saturated rings. The summed E-state index contributed by atoms with van der Waals surface area (Å²) in [6, 6.07) is 12.0. The first kappa shape index (κ1) is 13.6. The van der Waals surface area contributed by atoms with E-state index in [1.807, 2.05) is 24.3 Å². The van der Waals surface area contributed by atoms with E-state index >= 15 is 0 Å². The minimum absolute atomic E-state index is 0.0224. The average molecular weight is 347 g/mol. The van der Waals surface area contributed by atoms with E-state index in [0.717, 1.165) is 10.0 Å². The number of aromatic hydroxyl groups is 2. The highest BCUT2D eigenvalue weighted by Gasteiger charge is 2.13. The number of hydrogen-bond donors (Lipinski definition) is 2. The first-order chi connectivity index (χ1) is 10.1. The van der Waals surface area contributed by atoms with Gasteiger partial charge in [0.2, 0.25) is 0 Å². The molecule has 6 heteroatoms. The predicted molar refractivity (Wildman–Crippen MR) is 80.0 cm³/mol. The summed E-state index contributed by atoms with van der Waals surface area (Å²) in [5, 5.41) is 23.0. The Balaban J connectivity index is 1.84. The van der Waals surface area contributed by atoms with E-state index in [4.69, 9.17) is 4.52 Å². The third kappa shape index (κ3) is 3.05. The van der Waals surface area contributed by atoms with Gasteiger partial charge >= 0.3 is 0 Å². The van der Waals surface area contributed by atoms with Crippen molar-refractivity contribution in [2.75, 3.05) is 0 Å². The highest BCUT2D eigenvalue weighted by atomic mass is 79.9. The average Bonchev–Trinajstić information content (AvgIpc) is 2.90. The van der Waals surface area contributed by atoms with E-state index in [9.17, 15) is 10.2 Å². The maximum Gasteiger partial charge on any atom is 0.261 e. The predicted octanol–water partition coefficient (Wildman–Crippen LogP) is 3.50. The lowest BCUT2D eigenvalue weighted by Gasteiger charge is -1.99. The van der Waals surface area contributed by atoms with Crippen molar-refractivity contribution in [3.63, 3.8) is 0 Å². The van der Waals surface area contributed by atoms with Crippen LogP contribution in [0.4, 0.5) is 0 Å². The molecule has 1 heterocycles. The third-order valence-corrected chi connectivity index (χ3v) is 3.48. The molecule has 0 bridgehead atoms. The molecule has 0 spiro atoms. The lowest BCUT2D eigenvalue weighted by atomic mass is 10.1. The Morgan fingerprint density at radius 2 is 1.81 bits per heavy atom. The zero-order valence-corrected chi connectivity index (χ0v) is 12.4. The van der Waals surface area contributed by atoms with Crippen molar-refractivity contribution in [1.29, 1.82) is 0 Å². The molecule has 0 saturated carbocycles. The summed E-state index contributed by atoms with van der Waals surface area (Å²) in [5.41, 5.74) is 1.45. The van der Waals surface area contributed by atoms with E-state index in [-0.39, 0.29) is 17.4 Å². The normalized spacial score (nSPS) is 10.7. The van der Waals surface area contributed by atoms with Crippen molar-refractivity contribution in [2.24, 2.45) is 0 Å². The fourth-order valence-corrected chi connectivity index (χ4v) is 2.19. The van der Waals surface area contributed by atoms with E-state index in [1.54, 1.807) is 0 Å². The molecule has 0 saturated heterocycles. The van der Waals surface area contributed by atoms with Gasteiger partial charge in [-0.3, -0.25) is 0 Å². The van der Waals surface area contributed by atoms with Crippen molar-refractivity contribution in [3.8, 4) is 23.0 Å². The number of halogens is 1. The maximum absolute atomic E-state index is 9.78. The van der Waals surface area contributed by atoms with E-state index < -0.39 is 0 Å². The molecule has 0 aliphatic rings. The van der Waals surface area contributed by atoms with Crippen LogP contribution < -0.4 is 0 Å². The van der Waals surface area contributed by atoms with Gasteiger partial charge in [-0.1, -0.05) is 33.2 Å². The molecular weight excluding hydrogens is 336 g/mol. The van der Waals surface area contributed by atoms with Crippen LogP contribution in [0.15, 0.2) is 51.5 Å². The quantitative estimate of drug-likeness (QED) is 0.758. The van der Waals surface area contributed by atoms with Gasteiger partial charge in [0.25, 0.3) is 5.89 Å². The fraction of sp³-hybridized carbons (Fsp3) is 0.0667. The number of hydrogen-bond acceptors (Lipinski definition) is 5. The van der Waals surface area contributed by atoms with Crippen LogP contribution in [-0.2, 0) is 6.42 Å². The molecule has 2 N–H and O–H groups in total. The van der Waals surface area contributed by atoms with Gasteiger partial charge in [-0.25, -0.2) is 0 Å². The summed E-state index contributed by atoms with van der Waals surface area (Å²) in [4.78, 5) is 4.26. The SMILES string of the molecule is Oc1ccc(-c2nc(Cc3ccc(Br)cc3)no2)c(O)c1. The van der Waals surface area contributed by atoms with Crippen molar-refractivity contribution in [3.05, 3.63) is 58.3 Å². The van der Waals surface area contributed by atoms with Gasteiger partial charge in [-0.15, -0.1) is 0 Å². The zero-order valence-electron chi connectivity index (χ0n) is 10.8. The number of rotatable bonds is 3. The number of phenols is 2. The van der Waals surface area contributed by atoms with Crippen LogP contribution in [0.1, 0.15) is 11.4 Å². The highest BCUT2D eigenvalue weighted by Crippen LogP contribution is 2.30. The smallest absolute Gasteiger partial charge is 0.261 e. The summed E-state index contributed by atoms with van der Waals surface area (Å²) in [6.45, 7) is 0. The molecule has 0 aliphatic carbocycles. The Bertz CT molecular complexity index is 769. The lowest BCUT2D eigenvalue weighted by Crippen LogP contribution is -1.90. The highest BCUT2D eigenvalue weighted by molar-refractivity contribution is 9.10. The van der Waals surface area contributed by atoms with Crippen LogP contribution in [0, 0.1) is 0 Å². The maximum atomic E-state index is 9.78. The van der Waals surface area contributed by atoms with Crippen LogP contribution in [0.25, 0.3) is 11.5 Å². The fourth-order valence-electron chi connectivity index (χ4n) is 1.92. The molecule has 2 aromatic carbocycles. The van der Waals surface area contributed by atoms with Crippen molar-refractivity contribution < 1.29 is 14.7 Å². The van der Waals surface area contributed by atoms with Crippen LogP contribution >= 0.6 is 15.9 Å². The summed E-state index contributed by atoms with van der Waals surface area (Å²) in [7, 11) is 0. The third-order valence-electron chi connectivity index (χ3n) is 2.96. The number of benzene rings is 2. The second kappa shape index (κ2) is 5.57. The summed E-state index contributed by atoms with van der Waals surface area (Å²) in [5.74, 6) is 0.624. The topological polar surface area (TPSA) is 79.4 Å². The second-order valence-corrected chi connectivity index (χ2v) is 5.44. The van der Waals surface area contributed by atoms with E-state index in [0.29, 0.717) is 17.8 Å². The zero-order chi connectivity index (χ0) is 14.8. The Hall–Kier alpha value is -2.34. The number of aromatic nitrogens is 2. The summed E-state index contributed by atoms with van der Waals surface area (Å²) >= 11 is 3.38. The van der Waals surface area contributed by atoms with Gasteiger partial charge < -0.3 is 14.7 Å². The van der Waals surface area contributed by atoms with Gasteiger partial charge in [0.1, 0.15) is 11.5 Å². The molecular formula is C15H11BrN2O3. The Morgan fingerprint density at radius 3 is 2.52 bits per heavy atom. The molecule has 0 aliphatic heterocycles. The standard InChI is InChI=1S/C15H11BrN2O3/c16-10-3-1-9(2-4-10)7-14-17-15(21-18-14)12-6-5-11(19)8-13(12)20/h1-6,8,19-20H,7H2. The van der Waals surface area contributed by atoms with Crippen LogP contribution in [0.5, 0.6) is 11.5 Å². The molecule has 5 nitrogen and oxygen atoms in total. The van der Waals surface area contributed by atoms with Gasteiger partial charge in [-0.2, -0.15) is 4.98 Å². The van der Waals surface area contributed by atoms with Crippen molar-refractivity contribution in [2.45, 2.75) is 6.42 Å². The van der Waals surface area contributed by atoms with E-state index in [1.165, 1.54) is 18.2 Å². The summed E-state index contributed by atoms with van der Waals surface area (Å²) < 4.78 is 6.16. The minimum Gasteiger partial charge on any atom is -0.508 e. The number of phenolic OH excluding ortho intramolecular Hbond substituents is 2. The van der Waals surface area contributed by atoms with E-state index in [2.05, 4.69) is 26.1 Å². The van der Waals surface area contributed by atoms with Gasteiger partial charge in [0, 0.05) is 17.0 Å². The lowest BCUT2D eigenvalue weighted by molar-refractivity contribution is 0.417. The monoisotopic (exact) mass is 346 g/mol. The van der Waals surface area contributed by atoms with Gasteiger partial charge in [-0.05, 0) is 29.8 Å². The Kier molecular flexibility index (Phi) is 3.62. The molecule has 21 heavy (non-hydrogen) atoms. The molecule has 0 unspecified atom stereocenters. The molecule has 3 rings (SSSR count). The largest absolute Gasteiger partial charge is 0.508 e. The first-order valence-corrected chi connectivity index (χ1v) is 7.00. The summed E-state index contributed by atoms with van der Waals surface area (Å²) in [6.07, 6.45) is 0.537. The van der Waals surface area contributed by atoms with Gasteiger partial charge in [0.15, 0.2) is 5.82 Å². The second-order valence-electron chi connectivity index (χ2n) is 4.52. The molecule has 0 atom stereocenters. The Morgan fingerprint density at radius 1 is 1.05 bits per heavy atom. The van der Waals surface area contributed by atoms with Gasteiger partial charge in [0.05, 0.1) is 5.56 Å². The molecule has 0 amide bonds. The van der Waals surface area contributed by atoms with Crippen LogP contribution in [0.3, 0.4) is 0 Å². The number of nitrogens with zero attached hydrogens (tertiary/aromatic N) is 2.